The van der Waals surface area contributed by atoms with Crippen molar-refractivity contribution >= 4 is 23.6 Å². The predicted molar refractivity (Wildman–Crippen MR) is 140 cm³/mol. The molecule has 2 aromatic carbocycles. The third kappa shape index (κ3) is 5.33. The van der Waals surface area contributed by atoms with Crippen molar-refractivity contribution in [3.8, 4) is 17.5 Å². The van der Waals surface area contributed by atoms with E-state index in [0.717, 1.165) is 34.1 Å². The summed E-state index contributed by atoms with van der Waals surface area (Å²) < 4.78 is 7.33. The molecule has 36 heavy (non-hydrogen) atoms. The average Bonchev–Trinajstić information content (AvgIpc) is 3.19. The Labute approximate surface area is 211 Å². The van der Waals surface area contributed by atoms with Gasteiger partial charge in [0.2, 0.25) is 5.91 Å². The van der Waals surface area contributed by atoms with E-state index < -0.39 is 0 Å². The van der Waals surface area contributed by atoms with Gasteiger partial charge in [-0.05, 0) is 80.8 Å². The number of anilines is 1. The summed E-state index contributed by atoms with van der Waals surface area (Å²) in [5.41, 5.74) is 4.60. The molecule has 1 aromatic heterocycles. The second kappa shape index (κ2) is 11.0. The van der Waals surface area contributed by atoms with Crippen LogP contribution in [0.4, 0.5) is 5.69 Å². The Morgan fingerprint density at radius 2 is 1.72 bits per heavy atom. The number of nitrogens with one attached hydrogen (secondary N) is 1. The molecule has 0 bridgehead atoms. The van der Waals surface area contributed by atoms with E-state index in [9.17, 15) is 14.9 Å². The lowest BCUT2D eigenvalue weighted by Crippen LogP contribution is -2.41. The van der Waals surface area contributed by atoms with Crippen LogP contribution in [0.15, 0.2) is 66.2 Å². The molecule has 0 saturated carbocycles. The summed E-state index contributed by atoms with van der Waals surface area (Å²) in [5.74, 6) is 0.288. The predicted octanol–water partition coefficient (Wildman–Crippen LogP) is 4.89. The van der Waals surface area contributed by atoms with Crippen LogP contribution in [0.2, 0.25) is 0 Å². The van der Waals surface area contributed by atoms with Gasteiger partial charge in [0, 0.05) is 41.8 Å². The van der Waals surface area contributed by atoms with Gasteiger partial charge in [0.25, 0.3) is 5.91 Å². The van der Waals surface area contributed by atoms with Gasteiger partial charge < -0.3 is 19.5 Å². The monoisotopic (exact) mass is 482 g/mol. The van der Waals surface area contributed by atoms with Gasteiger partial charge in [0.1, 0.15) is 17.4 Å². The molecular weight excluding hydrogens is 452 g/mol. The number of aryl methyl sites for hydroxylation is 1. The maximum absolute atomic E-state index is 13.2. The Hall–Kier alpha value is -4.31. The van der Waals surface area contributed by atoms with Gasteiger partial charge in [-0.25, -0.2) is 0 Å². The van der Waals surface area contributed by atoms with Gasteiger partial charge in [-0.1, -0.05) is 18.2 Å². The molecule has 1 aliphatic heterocycles. The first-order chi connectivity index (χ1) is 17.4. The smallest absolute Gasteiger partial charge is 0.264 e. The summed E-state index contributed by atoms with van der Waals surface area (Å²) in [6.07, 6.45) is 2.79. The highest BCUT2D eigenvalue weighted by molar-refractivity contribution is 6.02. The molecule has 2 amide bonds. The van der Waals surface area contributed by atoms with Crippen LogP contribution in [-0.2, 0) is 9.59 Å². The van der Waals surface area contributed by atoms with Gasteiger partial charge in [-0.15, -0.1) is 0 Å². The van der Waals surface area contributed by atoms with Crippen LogP contribution < -0.4 is 10.1 Å². The van der Waals surface area contributed by atoms with E-state index in [4.69, 9.17) is 4.74 Å². The van der Waals surface area contributed by atoms with Crippen molar-refractivity contribution in [2.75, 3.05) is 25.5 Å². The number of ether oxygens (including phenoxy) is 1. The van der Waals surface area contributed by atoms with Crippen molar-refractivity contribution in [2.45, 2.75) is 26.7 Å². The van der Waals surface area contributed by atoms with E-state index in [1.54, 1.807) is 18.1 Å². The molecule has 1 saturated heterocycles. The number of benzene rings is 2. The molecule has 0 radical (unpaired) electrons. The third-order valence-corrected chi connectivity index (χ3v) is 6.65. The Kier molecular flexibility index (Phi) is 7.55. The minimum absolute atomic E-state index is 0.0321. The average molecular weight is 483 g/mol. The number of methoxy groups -OCH3 is 1. The molecule has 7 nitrogen and oxygen atoms in total. The van der Waals surface area contributed by atoms with E-state index in [1.165, 1.54) is 0 Å². The molecule has 1 aliphatic rings. The number of hydrogen-bond acceptors (Lipinski definition) is 4. The second-order valence-corrected chi connectivity index (χ2v) is 8.95. The fraction of sp³-hybridized carbons (Fsp3) is 0.276. The zero-order valence-corrected chi connectivity index (χ0v) is 20.8. The van der Waals surface area contributed by atoms with Gasteiger partial charge in [0.05, 0.1) is 7.11 Å². The number of piperidine rings is 1. The molecule has 7 heteroatoms. The quantitative estimate of drug-likeness (QED) is 0.400. The molecule has 0 unspecified atom stereocenters. The molecule has 184 valence electrons. The van der Waals surface area contributed by atoms with Gasteiger partial charge in [-0.3, -0.25) is 9.59 Å². The minimum Gasteiger partial charge on any atom is -0.497 e. The third-order valence-electron chi connectivity index (χ3n) is 6.65. The number of amides is 2. The molecule has 0 spiro atoms. The molecular formula is C29H30N4O3. The summed E-state index contributed by atoms with van der Waals surface area (Å²) in [6.45, 7) is 4.85. The van der Waals surface area contributed by atoms with Crippen molar-refractivity contribution in [3.05, 3.63) is 83.2 Å². The molecule has 0 aliphatic carbocycles. The lowest BCUT2D eigenvalue weighted by atomic mass is 9.95. The normalized spacial score (nSPS) is 14.3. The molecule has 4 rings (SSSR count). The minimum atomic E-state index is -0.298. The first-order valence-electron chi connectivity index (χ1n) is 12.0. The number of hydrogen-bond donors (Lipinski definition) is 1. The van der Waals surface area contributed by atoms with E-state index in [-0.39, 0.29) is 23.3 Å². The van der Waals surface area contributed by atoms with Gasteiger partial charge in [-0.2, -0.15) is 5.26 Å². The highest BCUT2D eigenvalue weighted by Crippen LogP contribution is 2.26. The van der Waals surface area contributed by atoms with E-state index in [2.05, 4.69) is 16.0 Å². The zero-order chi connectivity index (χ0) is 25.7. The molecule has 1 N–H and O–H groups in total. The van der Waals surface area contributed by atoms with Crippen LogP contribution >= 0.6 is 0 Å². The number of aromatic nitrogens is 1. The summed E-state index contributed by atoms with van der Waals surface area (Å²) in [4.78, 5) is 27.4. The lowest BCUT2D eigenvalue weighted by molar-refractivity contribution is -0.130. The van der Waals surface area contributed by atoms with E-state index >= 15 is 0 Å². The van der Waals surface area contributed by atoms with Crippen LogP contribution in [-0.4, -0.2) is 41.5 Å². The standard InChI is InChI=1S/C29H30N4O3/c1-20-17-23(21(2)33(20)26-9-11-27(36-3)12-10-26)18-24(19-30)29(35)32-15-13-22(14-16-32)28(34)31-25-7-5-4-6-8-25/h4-12,17-18,22H,13-16H2,1-3H3,(H,31,34)/b24-18-. The van der Waals surface area contributed by atoms with Gasteiger partial charge >= 0.3 is 0 Å². The summed E-state index contributed by atoms with van der Waals surface area (Å²) in [6, 6.07) is 21.2. The summed E-state index contributed by atoms with van der Waals surface area (Å²) in [5, 5.41) is 12.7. The number of nitrogens with zero attached hydrogens (tertiary/aromatic N) is 3. The van der Waals surface area contributed by atoms with E-state index in [0.29, 0.717) is 25.9 Å². The maximum atomic E-state index is 13.2. The Bertz CT molecular complexity index is 1310. The van der Waals surface area contributed by atoms with Crippen LogP contribution in [0.3, 0.4) is 0 Å². The number of para-hydroxylation sites is 1. The zero-order valence-electron chi connectivity index (χ0n) is 20.8. The second-order valence-electron chi connectivity index (χ2n) is 8.95. The molecule has 3 aromatic rings. The fourth-order valence-corrected chi connectivity index (χ4v) is 4.64. The fourth-order valence-electron chi connectivity index (χ4n) is 4.64. The summed E-state index contributed by atoms with van der Waals surface area (Å²) >= 11 is 0. The van der Waals surface area contributed by atoms with Gasteiger partial charge in [0.15, 0.2) is 0 Å². The number of likely N-dealkylation sites (tertiary alicyclic amines) is 1. The molecule has 2 heterocycles. The SMILES string of the molecule is COc1ccc(-n2c(C)cc(/C=C(/C#N)C(=O)N3CCC(C(=O)Nc4ccccc4)CC3)c2C)cc1. The number of rotatable bonds is 6. The lowest BCUT2D eigenvalue weighted by Gasteiger charge is -2.31. The van der Waals surface area contributed by atoms with E-state index in [1.807, 2.05) is 74.5 Å². The molecule has 1 fully saturated rings. The van der Waals surface area contributed by atoms with Crippen LogP contribution in [0.25, 0.3) is 11.8 Å². The maximum Gasteiger partial charge on any atom is 0.264 e. The van der Waals surface area contributed by atoms with Crippen LogP contribution in [0.1, 0.15) is 29.8 Å². The van der Waals surface area contributed by atoms with Crippen molar-refractivity contribution in [1.82, 2.24) is 9.47 Å². The van der Waals surface area contributed by atoms with Crippen molar-refractivity contribution < 1.29 is 14.3 Å². The summed E-state index contributed by atoms with van der Waals surface area (Å²) in [7, 11) is 1.63. The highest BCUT2D eigenvalue weighted by atomic mass is 16.5. The molecule has 0 atom stereocenters. The Morgan fingerprint density at radius 1 is 1.06 bits per heavy atom. The first-order valence-corrected chi connectivity index (χ1v) is 12.0. The highest BCUT2D eigenvalue weighted by Gasteiger charge is 2.29. The van der Waals surface area contributed by atoms with Crippen LogP contribution in [0, 0.1) is 31.1 Å². The van der Waals surface area contributed by atoms with Crippen molar-refractivity contribution in [1.29, 1.82) is 5.26 Å². The van der Waals surface area contributed by atoms with Crippen LogP contribution in [0.5, 0.6) is 5.75 Å². The number of nitriles is 1. The van der Waals surface area contributed by atoms with Crippen molar-refractivity contribution in [2.24, 2.45) is 5.92 Å². The van der Waals surface area contributed by atoms with Crippen molar-refractivity contribution in [3.63, 3.8) is 0 Å². The first kappa shape index (κ1) is 24.8. The Balaban J connectivity index is 1.44. The number of carbonyl (C=O) groups excluding carboxylic acids is 2. The largest absolute Gasteiger partial charge is 0.497 e. The Morgan fingerprint density at radius 3 is 2.33 bits per heavy atom. The number of carbonyl (C=O) groups is 2. The topological polar surface area (TPSA) is 87.4 Å².